The maximum absolute atomic E-state index is 6.45. The lowest BCUT2D eigenvalue weighted by molar-refractivity contribution is 0.669. The molecule has 0 unspecified atom stereocenters. The number of hydrogen-bond acceptors (Lipinski definition) is 7. The number of para-hydroxylation sites is 3. The van der Waals surface area contributed by atoms with E-state index in [-0.39, 0.29) is 0 Å². The van der Waals surface area contributed by atoms with Crippen molar-refractivity contribution in [3.8, 4) is 55.9 Å². The minimum atomic E-state index is 0.572. The summed E-state index contributed by atoms with van der Waals surface area (Å²) < 4.78 is 10.0. The topological polar surface area (TPSA) is 64.7 Å². The molecule has 0 saturated carbocycles. The molecule has 11 rings (SSSR count). The van der Waals surface area contributed by atoms with E-state index in [2.05, 4.69) is 91.0 Å². The van der Waals surface area contributed by atoms with Crippen LogP contribution in [0.2, 0.25) is 0 Å². The first-order chi connectivity index (χ1) is 26.2. The van der Waals surface area contributed by atoms with Gasteiger partial charge in [0.25, 0.3) is 0 Å². The van der Waals surface area contributed by atoms with Gasteiger partial charge in [-0.1, -0.05) is 121 Å². The van der Waals surface area contributed by atoms with E-state index < -0.39 is 0 Å². The van der Waals surface area contributed by atoms with Crippen LogP contribution >= 0.6 is 22.7 Å². The highest BCUT2D eigenvalue weighted by Crippen LogP contribution is 2.45. The molecule has 7 aromatic carbocycles. The Morgan fingerprint density at radius 1 is 0.415 bits per heavy atom. The van der Waals surface area contributed by atoms with Crippen molar-refractivity contribution in [2.24, 2.45) is 0 Å². The summed E-state index contributed by atoms with van der Waals surface area (Å²) >= 11 is 3.53. The van der Waals surface area contributed by atoms with Crippen LogP contribution in [-0.4, -0.2) is 19.9 Å². The van der Waals surface area contributed by atoms with Crippen molar-refractivity contribution in [1.29, 1.82) is 0 Å². The van der Waals surface area contributed by atoms with Crippen LogP contribution in [-0.2, 0) is 0 Å². The van der Waals surface area contributed by atoms with Crippen molar-refractivity contribution >= 4 is 75.0 Å². The molecule has 0 fully saturated rings. The Hall–Kier alpha value is -6.54. The van der Waals surface area contributed by atoms with Gasteiger partial charge in [0.15, 0.2) is 17.5 Å². The molecule has 7 heteroatoms. The molecule has 0 radical (unpaired) electrons. The summed E-state index contributed by atoms with van der Waals surface area (Å²) in [6.07, 6.45) is 0. The van der Waals surface area contributed by atoms with Gasteiger partial charge in [0.2, 0.25) is 0 Å². The van der Waals surface area contributed by atoms with Crippen molar-refractivity contribution in [1.82, 2.24) is 19.9 Å². The summed E-state index contributed by atoms with van der Waals surface area (Å²) in [4.78, 5) is 20.4. The first-order valence-electron chi connectivity index (χ1n) is 17.4. The van der Waals surface area contributed by atoms with E-state index in [4.69, 9.17) is 24.4 Å². The van der Waals surface area contributed by atoms with Gasteiger partial charge in [0.05, 0.1) is 15.8 Å². The summed E-state index contributed by atoms with van der Waals surface area (Å²) in [5.41, 5.74) is 8.82. The zero-order chi connectivity index (χ0) is 34.9. The predicted octanol–water partition coefficient (Wildman–Crippen LogP) is 13.1. The Bertz CT molecular complexity index is 3160. The Labute approximate surface area is 311 Å². The predicted molar refractivity (Wildman–Crippen MR) is 220 cm³/mol. The van der Waals surface area contributed by atoms with E-state index in [1.54, 1.807) is 22.7 Å². The zero-order valence-electron chi connectivity index (χ0n) is 28.0. The van der Waals surface area contributed by atoms with Crippen molar-refractivity contribution in [2.75, 3.05) is 0 Å². The number of nitrogens with zero attached hydrogens (tertiary/aromatic N) is 4. The van der Waals surface area contributed by atoms with Crippen molar-refractivity contribution in [3.63, 3.8) is 0 Å². The summed E-state index contributed by atoms with van der Waals surface area (Å²) in [5.74, 6) is 1.81. The van der Waals surface area contributed by atoms with Gasteiger partial charge in [-0.25, -0.2) is 19.9 Å². The first-order valence-corrected chi connectivity index (χ1v) is 19.0. The monoisotopic (exact) mass is 714 g/mol. The molecule has 0 saturated heterocycles. The molecule has 0 N–H and O–H groups in total. The third-order valence-corrected chi connectivity index (χ3v) is 12.1. The van der Waals surface area contributed by atoms with Gasteiger partial charge in [0.1, 0.15) is 16.2 Å². The molecule has 11 aromatic rings. The third-order valence-electron chi connectivity index (χ3n) is 9.79. The second-order valence-electron chi connectivity index (χ2n) is 13.0. The number of thiazole rings is 1. The van der Waals surface area contributed by atoms with Crippen LogP contribution in [0.1, 0.15) is 0 Å². The van der Waals surface area contributed by atoms with Crippen molar-refractivity contribution in [3.05, 3.63) is 158 Å². The molecule has 0 aliphatic carbocycles. The fourth-order valence-corrected chi connectivity index (χ4v) is 9.56. The highest BCUT2D eigenvalue weighted by atomic mass is 32.1. The van der Waals surface area contributed by atoms with E-state index in [0.29, 0.717) is 17.5 Å². The Balaban J connectivity index is 1.10. The van der Waals surface area contributed by atoms with Crippen LogP contribution in [0.25, 0.3) is 108 Å². The number of thiophene rings is 1. The molecule has 0 bridgehead atoms. The summed E-state index contributed by atoms with van der Waals surface area (Å²) in [6, 6.07) is 54.5. The number of fused-ring (bicyclic) bond motifs is 7. The quantitative estimate of drug-likeness (QED) is 0.178. The molecule has 0 atom stereocenters. The summed E-state index contributed by atoms with van der Waals surface area (Å²) in [6.45, 7) is 0. The van der Waals surface area contributed by atoms with Gasteiger partial charge >= 0.3 is 0 Å². The van der Waals surface area contributed by atoms with E-state index in [0.717, 1.165) is 65.7 Å². The second kappa shape index (κ2) is 12.0. The smallest absolute Gasteiger partial charge is 0.167 e. The minimum Gasteiger partial charge on any atom is -0.455 e. The minimum absolute atomic E-state index is 0.572. The molecule has 248 valence electrons. The highest BCUT2D eigenvalue weighted by molar-refractivity contribution is 7.26. The highest BCUT2D eigenvalue weighted by Gasteiger charge is 2.21. The second-order valence-corrected chi connectivity index (χ2v) is 15.1. The molecule has 4 aromatic heterocycles. The summed E-state index contributed by atoms with van der Waals surface area (Å²) in [5, 5.41) is 5.43. The van der Waals surface area contributed by atoms with Crippen molar-refractivity contribution in [2.45, 2.75) is 0 Å². The molecule has 0 amide bonds. The Morgan fingerprint density at radius 3 is 1.96 bits per heavy atom. The lowest BCUT2D eigenvalue weighted by Crippen LogP contribution is -2.00. The number of benzene rings is 7. The normalized spacial score (nSPS) is 11.8. The van der Waals surface area contributed by atoms with Gasteiger partial charge in [0, 0.05) is 47.6 Å². The van der Waals surface area contributed by atoms with Gasteiger partial charge in [-0.3, -0.25) is 0 Å². The lowest BCUT2D eigenvalue weighted by atomic mass is 9.99. The molecular weight excluding hydrogens is 689 g/mol. The summed E-state index contributed by atoms with van der Waals surface area (Å²) in [7, 11) is 0. The number of hydrogen-bond donors (Lipinski definition) is 0. The van der Waals surface area contributed by atoms with Crippen LogP contribution in [0.15, 0.2) is 162 Å². The largest absolute Gasteiger partial charge is 0.455 e. The van der Waals surface area contributed by atoms with Gasteiger partial charge in [-0.2, -0.15) is 0 Å². The lowest BCUT2D eigenvalue weighted by Gasteiger charge is -2.10. The maximum Gasteiger partial charge on any atom is 0.167 e. The van der Waals surface area contributed by atoms with Gasteiger partial charge in [-0.15, -0.1) is 22.7 Å². The molecule has 4 heterocycles. The van der Waals surface area contributed by atoms with Crippen LogP contribution < -0.4 is 0 Å². The van der Waals surface area contributed by atoms with Gasteiger partial charge in [-0.05, 0) is 47.5 Å². The molecule has 0 aliphatic heterocycles. The van der Waals surface area contributed by atoms with Crippen LogP contribution in [0.5, 0.6) is 0 Å². The fraction of sp³-hybridized carbons (Fsp3) is 0. The molecule has 5 nitrogen and oxygen atoms in total. The number of furan rings is 1. The molecular formula is C46H26N4OS2. The molecule has 0 aliphatic rings. The molecule has 53 heavy (non-hydrogen) atoms. The number of aromatic nitrogens is 4. The SMILES string of the molecule is c1ccc(-c2nc(-c3cccc4c3oc3ccccc34)nc(-c3cccc4sc5c(-c6cccc(-c7nc8ccccc8s7)c6)cccc5c34)n2)cc1. The average molecular weight is 715 g/mol. The van der Waals surface area contributed by atoms with Crippen molar-refractivity contribution < 1.29 is 4.42 Å². The Kier molecular flexibility index (Phi) is 6.83. The first kappa shape index (κ1) is 30.1. The van der Waals surface area contributed by atoms with E-state index in [1.165, 1.54) is 25.0 Å². The Morgan fingerprint density at radius 2 is 1.06 bits per heavy atom. The molecule has 0 spiro atoms. The van der Waals surface area contributed by atoms with Crippen LogP contribution in [0.3, 0.4) is 0 Å². The average Bonchev–Trinajstić information content (AvgIpc) is 3.94. The van der Waals surface area contributed by atoms with Gasteiger partial charge < -0.3 is 4.42 Å². The number of rotatable bonds is 5. The van der Waals surface area contributed by atoms with E-state index in [1.807, 2.05) is 66.7 Å². The van der Waals surface area contributed by atoms with E-state index in [9.17, 15) is 0 Å². The van der Waals surface area contributed by atoms with Crippen LogP contribution in [0, 0.1) is 0 Å². The zero-order valence-corrected chi connectivity index (χ0v) is 29.7. The standard InChI is InChI=1S/C46H26N4OS2/c1-2-12-27(13-3-1)43-48-44(50-45(49-43)35-21-10-18-32-31-16-4-6-23-37(31)51-41(32)35)34-20-11-25-39-40(34)33-19-9-17-30(42(33)52-39)28-14-8-15-29(26-28)46-47-36-22-5-7-24-38(36)53-46/h1-26H. The maximum atomic E-state index is 6.45. The van der Waals surface area contributed by atoms with E-state index >= 15 is 0 Å². The van der Waals surface area contributed by atoms with Crippen LogP contribution in [0.4, 0.5) is 0 Å². The third kappa shape index (κ3) is 4.97. The fourth-order valence-electron chi connectivity index (χ4n) is 7.33.